The van der Waals surface area contributed by atoms with Crippen LogP contribution in [0.1, 0.15) is 0 Å². The predicted molar refractivity (Wildman–Crippen MR) is 137 cm³/mol. The lowest BCUT2D eigenvalue weighted by Crippen LogP contribution is -2.13. The third kappa shape index (κ3) is 4.42. The number of hydrogen-bond acceptors (Lipinski definition) is 8. The smallest absolute Gasteiger partial charge is 0.301 e. The van der Waals surface area contributed by atoms with Gasteiger partial charge in [0.05, 0.1) is 29.5 Å². The first-order valence-electron chi connectivity index (χ1n) is 10.7. The number of benzene rings is 3. The highest BCUT2D eigenvalue weighted by Crippen LogP contribution is 2.34. The molecule has 0 bridgehead atoms. The Morgan fingerprint density at radius 1 is 1.00 bits per heavy atom. The fourth-order valence-electron chi connectivity index (χ4n) is 3.54. The molecule has 5 rings (SSSR count). The van der Waals surface area contributed by atoms with Gasteiger partial charge >= 0.3 is 5.56 Å². The molecular formula is C25H18N6O4S. The lowest BCUT2D eigenvalue weighted by Gasteiger charge is -2.03. The van der Waals surface area contributed by atoms with E-state index in [1.165, 1.54) is 41.3 Å². The number of hydrogen-bond donors (Lipinski definition) is 1. The number of nitro benzene ring substituents is 1. The molecule has 0 saturated heterocycles. The molecule has 11 heteroatoms. The summed E-state index contributed by atoms with van der Waals surface area (Å²) in [6, 6.07) is 22.9. The molecular weight excluding hydrogens is 480 g/mol. The molecule has 3 aromatic carbocycles. The van der Waals surface area contributed by atoms with Crippen LogP contribution in [0.5, 0.6) is 5.75 Å². The number of methoxy groups -OCH3 is 1. The molecule has 2 heterocycles. The van der Waals surface area contributed by atoms with Crippen molar-refractivity contribution in [3.63, 3.8) is 0 Å². The van der Waals surface area contributed by atoms with E-state index < -0.39 is 10.5 Å². The van der Waals surface area contributed by atoms with E-state index in [0.29, 0.717) is 10.8 Å². The maximum Gasteiger partial charge on any atom is 0.301 e. The molecule has 0 amide bonds. The van der Waals surface area contributed by atoms with Crippen molar-refractivity contribution in [3.05, 3.63) is 105 Å². The second-order valence-corrected chi connectivity index (χ2v) is 8.37. The van der Waals surface area contributed by atoms with Gasteiger partial charge in [-0.15, -0.1) is 21.6 Å². The van der Waals surface area contributed by atoms with E-state index in [1.54, 1.807) is 0 Å². The quantitative estimate of drug-likeness (QED) is 0.160. The summed E-state index contributed by atoms with van der Waals surface area (Å²) in [7, 11) is 1.38. The number of nitrogens with zero attached hydrogens (tertiary/aromatic N) is 5. The number of nitro groups is 1. The minimum Gasteiger partial charge on any atom is -0.494 e. The maximum absolute atomic E-state index is 13.5. The van der Waals surface area contributed by atoms with Crippen LogP contribution in [-0.4, -0.2) is 26.8 Å². The van der Waals surface area contributed by atoms with E-state index in [1.807, 2.05) is 66.0 Å². The molecule has 36 heavy (non-hydrogen) atoms. The topological polar surface area (TPSA) is 128 Å². The number of ether oxygens (including phenoxy) is 1. The van der Waals surface area contributed by atoms with Crippen molar-refractivity contribution in [2.75, 3.05) is 7.11 Å². The maximum atomic E-state index is 13.5. The van der Waals surface area contributed by atoms with Crippen molar-refractivity contribution in [1.82, 2.24) is 14.8 Å². The van der Waals surface area contributed by atoms with Gasteiger partial charge in [0.25, 0.3) is 5.69 Å². The van der Waals surface area contributed by atoms with Crippen LogP contribution in [0.3, 0.4) is 0 Å². The van der Waals surface area contributed by atoms with Gasteiger partial charge in [0, 0.05) is 22.6 Å². The number of azo groups is 1. The minimum atomic E-state index is -0.528. The van der Waals surface area contributed by atoms with E-state index in [0.717, 1.165) is 16.8 Å². The van der Waals surface area contributed by atoms with Crippen LogP contribution in [0.2, 0.25) is 0 Å². The van der Waals surface area contributed by atoms with Crippen LogP contribution in [0.4, 0.5) is 17.1 Å². The van der Waals surface area contributed by atoms with E-state index in [4.69, 9.17) is 4.74 Å². The van der Waals surface area contributed by atoms with E-state index >= 15 is 0 Å². The largest absolute Gasteiger partial charge is 0.494 e. The molecule has 0 radical (unpaired) electrons. The SMILES string of the molecule is COc1cc([N+](=O)[O-])ccc1N=Nc1c(-c2ccccc2)[nH]n(-c2nc(-c3ccccc3)cs2)c1=O. The number of aromatic nitrogens is 3. The molecule has 178 valence electrons. The molecule has 10 nitrogen and oxygen atoms in total. The number of non-ortho nitro benzene ring substituents is 1. The van der Waals surface area contributed by atoms with Crippen LogP contribution >= 0.6 is 11.3 Å². The first-order chi connectivity index (χ1) is 17.5. The average molecular weight is 499 g/mol. The van der Waals surface area contributed by atoms with Crippen LogP contribution < -0.4 is 10.3 Å². The molecule has 0 saturated carbocycles. The summed E-state index contributed by atoms with van der Waals surface area (Å²) in [4.78, 5) is 28.6. The molecule has 0 atom stereocenters. The van der Waals surface area contributed by atoms with Crippen molar-refractivity contribution in [2.45, 2.75) is 0 Å². The Bertz CT molecular complexity index is 1620. The predicted octanol–water partition coefficient (Wildman–Crippen LogP) is 6.29. The van der Waals surface area contributed by atoms with Crippen molar-refractivity contribution < 1.29 is 9.66 Å². The van der Waals surface area contributed by atoms with E-state index in [-0.39, 0.29) is 22.8 Å². The Hall–Kier alpha value is -4.90. The molecule has 0 aliphatic rings. The number of nitrogens with one attached hydrogen (secondary N) is 1. The zero-order valence-corrected chi connectivity index (χ0v) is 19.7. The highest BCUT2D eigenvalue weighted by Gasteiger charge is 2.19. The number of aromatic amines is 1. The normalized spacial score (nSPS) is 11.1. The number of thiazole rings is 1. The fourth-order valence-corrected chi connectivity index (χ4v) is 4.33. The van der Waals surface area contributed by atoms with Gasteiger partial charge in [0.1, 0.15) is 5.69 Å². The summed E-state index contributed by atoms with van der Waals surface area (Å²) in [6.07, 6.45) is 0. The van der Waals surface area contributed by atoms with Gasteiger partial charge in [-0.05, 0) is 6.07 Å². The van der Waals surface area contributed by atoms with Crippen molar-refractivity contribution >= 4 is 28.4 Å². The number of H-pyrrole nitrogens is 1. The van der Waals surface area contributed by atoms with Crippen LogP contribution in [0, 0.1) is 10.1 Å². The zero-order chi connectivity index (χ0) is 25.1. The van der Waals surface area contributed by atoms with Gasteiger partial charge in [-0.3, -0.25) is 20.0 Å². The summed E-state index contributed by atoms with van der Waals surface area (Å²) >= 11 is 1.32. The summed E-state index contributed by atoms with van der Waals surface area (Å²) < 4.78 is 6.57. The first-order valence-corrected chi connectivity index (χ1v) is 11.6. The van der Waals surface area contributed by atoms with Gasteiger partial charge in [-0.2, -0.15) is 4.68 Å². The zero-order valence-electron chi connectivity index (χ0n) is 18.9. The Morgan fingerprint density at radius 2 is 1.69 bits per heavy atom. The third-order valence-electron chi connectivity index (χ3n) is 5.31. The summed E-state index contributed by atoms with van der Waals surface area (Å²) in [5.74, 6) is 0.164. The molecule has 2 aromatic heterocycles. The molecule has 5 aromatic rings. The molecule has 0 aliphatic carbocycles. The van der Waals surface area contributed by atoms with Gasteiger partial charge < -0.3 is 4.74 Å². The highest BCUT2D eigenvalue weighted by molar-refractivity contribution is 7.12. The Morgan fingerprint density at radius 3 is 2.36 bits per heavy atom. The monoisotopic (exact) mass is 498 g/mol. The van der Waals surface area contributed by atoms with Gasteiger partial charge in [-0.25, -0.2) is 4.98 Å². The third-order valence-corrected chi connectivity index (χ3v) is 6.14. The van der Waals surface area contributed by atoms with Crippen molar-refractivity contribution in [3.8, 4) is 33.4 Å². The Labute approximate surface area is 208 Å². The lowest BCUT2D eigenvalue weighted by atomic mass is 10.1. The standard InChI is InChI=1S/C25H18N6O4S/c1-35-21-14-18(31(33)34)12-13-19(21)27-28-23-22(17-10-6-3-7-11-17)29-30(24(23)32)25-26-20(15-36-25)16-8-4-2-5-9-16/h2-15,29H,1H3. The molecule has 0 aliphatic heterocycles. The van der Waals surface area contributed by atoms with Crippen LogP contribution in [-0.2, 0) is 0 Å². The van der Waals surface area contributed by atoms with Gasteiger partial charge in [0.2, 0.25) is 5.13 Å². The number of rotatable bonds is 7. The molecule has 0 unspecified atom stereocenters. The minimum absolute atomic E-state index is 0.0677. The lowest BCUT2D eigenvalue weighted by molar-refractivity contribution is -0.384. The summed E-state index contributed by atoms with van der Waals surface area (Å²) in [6.45, 7) is 0. The summed E-state index contributed by atoms with van der Waals surface area (Å²) in [5.41, 5.74) is 2.61. The van der Waals surface area contributed by atoms with E-state index in [9.17, 15) is 14.9 Å². The van der Waals surface area contributed by atoms with E-state index in [2.05, 4.69) is 20.3 Å². The average Bonchev–Trinajstić information content (AvgIpc) is 3.53. The van der Waals surface area contributed by atoms with Crippen LogP contribution in [0.25, 0.3) is 27.6 Å². The molecule has 0 spiro atoms. The van der Waals surface area contributed by atoms with Gasteiger partial charge in [-0.1, -0.05) is 60.7 Å². The second-order valence-electron chi connectivity index (χ2n) is 7.54. The van der Waals surface area contributed by atoms with Crippen LogP contribution in [0.15, 0.2) is 99.3 Å². The fraction of sp³-hybridized carbons (Fsp3) is 0.0400. The molecule has 0 fully saturated rings. The van der Waals surface area contributed by atoms with Crippen molar-refractivity contribution in [2.24, 2.45) is 10.2 Å². The van der Waals surface area contributed by atoms with Gasteiger partial charge in [0.15, 0.2) is 11.4 Å². The second kappa shape index (κ2) is 9.76. The van der Waals surface area contributed by atoms with Crippen molar-refractivity contribution in [1.29, 1.82) is 0 Å². The Balaban J connectivity index is 1.60. The summed E-state index contributed by atoms with van der Waals surface area (Å²) in [5, 5.41) is 24.9. The molecule has 1 N–H and O–H groups in total. The Kier molecular flexibility index (Phi) is 6.20. The highest BCUT2D eigenvalue weighted by atomic mass is 32.1. The first kappa shape index (κ1) is 22.9.